The zero-order valence-electron chi connectivity index (χ0n) is 14.2. The summed E-state index contributed by atoms with van der Waals surface area (Å²) in [5.41, 5.74) is 1.37. The first-order valence-corrected chi connectivity index (χ1v) is 9.78. The lowest BCUT2D eigenvalue weighted by molar-refractivity contribution is 0.0653. The summed E-state index contributed by atoms with van der Waals surface area (Å²) in [4.78, 5) is 17.5. The van der Waals surface area contributed by atoms with Crippen molar-refractivity contribution in [1.29, 1.82) is 0 Å². The van der Waals surface area contributed by atoms with Gasteiger partial charge in [0.05, 0.1) is 12.0 Å². The number of amides is 1. The smallest absolute Gasteiger partial charge is 0.270 e. The van der Waals surface area contributed by atoms with Crippen LogP contribution in [0, 0.1) is 0 Å². The Labute approximate surface area is 151 Å². The summed E-state index contributed by atoms with van der Waals surface area (Å²) in [5.74, 6) is 0.426. The minimum Gasteiger partial charge on any atom is -0.497 e. The van der Waals surface area contributed by atoms with Gasteiger partial charge in [0, 0.05) is 24.0 Å². The van der Waals surface area contributed by atoms with E-state index in [0.717, 1.165) is 10.9 Å². The van der Waals surface area contributed by atoms with Gasteiger partial charge in [-0.2, -0.15) is 0 Å². The van der Waals surface area contributed by atoms with Crippen LogP contribution < -0.4 is 4.74 Å². The highest BCUT2D eigenvalue weighted by molar-refractivity contribution is 7.92. The fourth-order valence-corrected chi connectivity index (χ4v) is 4.77. The topological polar surface area (TPSA) is 79.5 Å². The van der Waals surface area contributed by atoms with Gasteiger partial charge in [-0.1, -0.05) is 18.2 Å². The van der Waals surface area contributed by atoms with Crippen LogP contribution in [-0.2, 0) is 9.84 Å². The molecule has 7 heteroatoms. The van der Waals surface area contributed by atoms with Crippen molar-refractivity contribution in [1.82, 2.24) is 9.88 Å². The molecule has 1 saturated heterocycles. The number of aromatic nitrogens is 1. The molecule has 1 fully saturated rings. The van der Waals surface area contributed by atoms with E-state index < -0.39 is 15.1 Å². The van der Waals surface area contributed by atoms with E-state index in [9.17, 15) is 13.2 Å². The predicted molar refractivity (Wildman–Crippen MR) is 98.2 cm³/mol. The second-order valence-corrected chi connectivity index (χ2v) is 8.55. The van der Waals surface area contributed by atoms with Crippen molar-refractivity contribution >= 4 is 26.6 Å². The summed E-state index contributed by atoms with van der Waals surface area (Å²) in [6, 6.07) is 15.8. The molecule has 0 aliphatic carbocycles. The van der Waals surface area contributed by atoms with Crippen molar-refractivity contribution in [2.24, 2.45) is 0 Å². The Morgan fingerprint density at radius 2 is 1.81 bits per heavy atom. The van der Waals surface area contributed by atoms with E-state index in [2.05, 4.69) is 4.98 Å². The number of likely N-dealkylation sites (tertiary alicyclic amines) is 1. The summed E-state index contributed by atoms with van der Waals surface area (Å²) in [6.45, 7) is 0.394. The number of H-pyrrole nitrogens is 1. The molecular formula is C19H18N2O4S. The molecule has 134 valence electrons. The van der Waals surface area contributed by atoms with E-state index in [1.54, 1.807) is 23.1 Å². The zero-order valence-corrected chi connectivity index (χ0v) is 15.0. The number of carbonyl (C=O) groups is 1. The van der Waals surface area contributed by atoms with Gasteiger partial charge in [0.2, 0.25) is 0 Å². The lowest BCUT2D eigenvalue weighted by Crippen LogP contribution is -2.56. The van der Waals surface area contributed by atoms with Crippen molar-refractivity contribution in [2.45, 2.75) is 10.1 Å². The fraction of sp³-hybridized carbons (Fsp3) is 0.211. The second kappa shape index (κ2) is 6.17. The number of para-hydroxylation sites is 1. The largest absolute Gasteiger partial charge is 0.497 e. The predicted octanol–water partition coefficient (Wildman–Crippen LogP) is 2.47. The summed E-state index contributed by atoms with van der Waals surface area (Å²) >= 11 is 0. The Hall–Kier alpha value is -2.80. The maximum absolute atomic E-state index is 12.7. The third kappa shape index (κ3) is 2.74. The SMILES string of the molecule is COc1ccc(S(=O)(=O)C2CN(C(=O)c3cc4ccccc4[nH]3)C2)cc1. The molecule has 0 spiro atoms. The van der Waals surface area contributed by atoms with Crippen molar-refractivity contribution in [3.63, 3.8) is 0 Å². The van der Waals surface area contributed by atoms with Crippen LogP contribution in [0.1, 0.15) is 10.5 Å². The normalized spacial score (nSPS) is 15.0. The number of sulfone groups is 1. The van der Waals surface area contributed by atoms with Crippen LogP contribution in [0.15, 0.2) is 59.5 Å². The first-order valence-electron chi connectivity index (χ1n) is 8.24. The van der Waals surface area contributed by atoms with E-state index in [0.29, 0.717) is 11.4 Å². The standard InChI is InChI=1S/C19H18N2O4S/c1-25-14-6-8-15(9-7-14)26(23,24)16-11-21(12-16)19(22)18-10-13-4-2-3-5-17(13)20-18/h2-10,16,20H,11-12H2,1H3. The molecule has 0 atom stereocenters. The van der Waals surface area contributed by atoms with E-state index in [-0.39, 0.29) is 23.9 Å². The van der Waals surface area contributed by atoms with Gasteiger partial charge in [-0.25, -0.2) is 8.42 Å². The van der Waals surface area contributed by atoms with E-state index in [1.165, 1.54) is 19.2 Å². The Morgan fingerprint density at radius 3 is 2.46 bits per heavy atom. The third-order valence-electron chi connectivity index (χ3n) is 4.72. The maximum Gasteiger partial charge on any atom is 0.270 e. The average Bonchev–Trinajstić information content (AvgIpc) is 3.04. The van der Waals surface area contributed by atoms with Gasteiger partial charge in [-0.3, -0.25) is 4.79 Å². The van der Waals surface area contributed by atoms with Crippen LogP contribution in [0.5, 0.6) is 5.75 Å². The van der Waals surface area contributed by atoms with Crippen LogP contribution >= 0.6 is 0 Å². The highest BCUT2D eigenvalue weighted by atomic mass is 32.2. The molecule has 1 aromatic heterocycles. The molecule has 3 aromatic rings. The quantitative estimate of drug-likeness (QED) is 0.765. The Bertz CT molecular complexity index is 1030. The number of hydrogen-bond donors (Lipinski definition) is 1. The van der Waals surface area contributed by atoms with Crippen molar-refractivity contribution < 1.29 is 17.9 Å². The number of hydrogen-bond acceptors (Lipinski definition) is 4. The molecule has 0 radical (unpaired) electrons. The molecule has 0 saturated carbocycles. The Balaban J connectivity index is 1.47. The van der Waals surface area contributed by atoms with Gasteiger partial charge < -0.3 is 14.6 Å². The van der Waals surface area contributed by atoms with Gasteiger partial charge in [-0.05, 0) is 36.4 Å². The van der Waals surface area contributed by atoms with Gasteiger partial charge in [0.1, 0.15) is 16.7 Å². The number of ether oxygens (including phenoxy) is 1. The second-order valence-electron chi connectivity index (χ2n) is 6.32. The van der Waals surface area contributed by atoms with E-state index in [1.807, 2.05) is 24.3 Å². The Morgan fingerprint density at radius 1 is 1.12 bits per heavy atom. The summed E-state index contributed by atoms with van der Waals surface area (Å²) < 4.78 is 30.4. The van der Waals surface area contributed by atoms with Gasteiger partial charge in [-0.15, -0.1) is 0 Å². The first-order chi connectivity index (χ1) is 12.5. The molecule has 0 bridgehead atoms. The lowest BCUT2D eigenvalue weighted by Gasteiger charge is -2.38. The Kier molecular flexibility index (Phi) is 3.96. The monoisotopic (exact) mass is 370 g/mol. The summed E-state index contributed by atoms with van der Waals surface area (Å²) in [5, 5.41) is 0.378. The number of aromatic amines is 1. The number of carbonyl (C=O) groups excluding carboxylic acids is 1. The van der Waals surface area contributed by atoms with Crippen LogP contribution in [-0.4, -0.2) is 49.7 Å². The first kappa shape index (κ1) is 16.7. The maximum atomic E-state index is 12.7. The number of nitrogens with one attached hydrogen (secondary N) is 1. The molecular weight excluding hydrogens is 352 g/mol. The van der Waals surface area contributed by atoms with E-state index in [4.69, 9.17) is 4.74 Å². The number of benzene rings is 2. The molecule has 1 aliphatic rings. The van der Waals surface area contributed by atoms with Crippen molar-refractivity contribution in [2.75, 3.05) is 20.2 Å². The summed E-state index contributed by atoms with van der Waals surface area (Å²) in [7, 11) is -1.93. The molecule has 1 amide bonds. The molecule has 0 unspecified atom stereocenters. The van der Waals surface area contributed by atoms with Crippen molar-refractivity contribution in [3.8, 4) is 5.75 Å². The number of methoxy groups -OCH3 is 1. The lowest BCUT2D eigenvalue weighted by atomic mass is 10.2. The number of nitrogens with zero attached hydrogens (tertiary/aromatic N) is 1. The number of rotatable bonds is 4. The minimum absolute atomic E-state index is 0.178. The van der Waals surface area contributed by atoms with Gasteiger partial charge in [0.25, 0.3) is 5.91 Å². The summed E-state index contributed by atoms with van der Waals surface area (Å²) in [6.07, 6.45) is 0. The molecule has 4 rings (SSSR count). The van der Waals surface area contributed by atoms with Gasteiger partial charge >= 0.3 is 0 Å². The van der Waals surface area contributed by atoms with Crippen LogP contribution in [0.25, 0.3) is 10.9 Å². The minimum atomic E-state index is -3.46. The molecule has 6 nitrogen and oxygen atoms in total. The van der Waals surface area contributed by atoms with Crippen LogP contribution in [0.4, 0.5) is 0 Å². The number of fused-ring (bicyclic) bond motifs is 1. The fourth-order valence-electron chi connectivity index (χ4n) is 3.12. The highest BCUT2D eigenvalue weighted by Crippen LogP contribution is 2.27. The third-order valence-corrected chi connectivity index (χ3v) is 6.83. The highest BCUT2D eigenvalue weighted by Gasteiger charge is 2.41. The molecule has 2 heterocycles. The molecule has 26 heavy (non-hydrogen) atoms. The molecule has 2 aromatic carbocycles. The van der Waals surface area contributed by atoms with Crippen molar-refractivity contribution in [3.05, 3.63) is 60.3 Å². The van der Waals surface area contributed by atoms with Crippen LogP contribution in [0.3, 0.4) is 0 Å². The van der Waals surface area contributed by atoms with E-state index >= 15 is 0 Å². The molecule has 1 aliphatic heterocycles. The zero-order chi connectivity index (χ0) is 18.3. The van der Waals surface area contributed by atoms with Gasteiger partial charge in [0.15, 0.2) is 9.84 Å². The molecule has 1 N–H and O–H groups in total. The van der Waals surface area contributed by atoms with Crippen LogP contribution in [0.2, 0.25) is 0 Å². The average molecular weight is 370 g/mol.